The van der Waals surface area contributed by atoms with Gasteiger partial charge >= 0.3 is 0 Å². The van der Waals surface area contributed by atoms with Crippen LogP contribution >= 0.6 is 0 Å². The Bertz CT molecular complexity index is 484. The van der Waals surface area contributed by atoms with Crippen molar-refractivity contribution in [3.63, 3.8) is 0 Å². The van der Waals surface area contributed by atoms with Gasteiger partial charge in [-0.25, -0.2) is 18.1 Å². The fraction of sp³-hybridized carbons (Fsp3) is 0.545. The molecule has 2 atom stereocenters. The molecule has 0 amide bonds. The van der Waals surface area contributed by atoms with Crippen molar-refractivity contribution in [1.29, 1.82) is 0 Å². The van der Waals surface area contributed by atoms with Gasteiger partial charge in [0, 0.05) is 19.8 Å². The van der Waals surface area contributed by atoms with E-state index in [1.165, 1.54) is 6.20 Å². The van der Waals surface area contributed by atoms with Gasteiger partial charge in [0.25, 0.3) is 0 Å². The summed E-state index contributed by atoms with van der Waals surface area (Å²) in [7, 11) is -1.66. The molecule has 0 bridgehead atoms. The summed E-state index contributed by atoms with van der Waals surface area (Å²) in [4.78, 5) is 4.20. The van der Waals surface area contributed by atoms with Crippen LogP contribution in [0.15, 0.2) is 23.2 Å². The van der Waals surface area contributed by atoms with E-state index in [1.807, 2.05) is 0 Å². The molecule has 1 aromatic rings. The average Bonchev–Trinajstić information content (AvgIpc) is 3.03. The first-order valence-electron chi connectivity index (χ1n) is 5.66. The maximum atomic E-state index is 11.9. The molecule has 2 rings (SSSR count). The highest BCUT2D eigenvalue weighted by Crippen LogP contribution is 2.37. The van der Waals surface area contributed by atoms with E-state index in [-0.39, 0.29) is 4.90 Å². The van der Waals surface area contributed by atoms with Gasteiger partial charge in [-0.3, -0.25) is 0 Å². The smallest absolute Gasteiger partial charge is 0.242 e. The SMILES string of the molecule is CNc1ccc(S(=O)(=O)NCC2CC2C)cn1. The summed E-state index contributed by atoms with van der Waals surface area (Å²) in [6, 6.07) is 3.20. The zero-order valence-electron chi connectivity index (χ0n) is 9.97. The van der Waals surface area contributed by atoms with E-state index in [1.54, 1.807) is 19.2 Å². The molecule has 1 heterocycles. The first kappa shape index (κ1) is 12.3. The number of aromatic nitrogens is 1. The van der Waals surface area contributed by atoms with Crippen LogP contribution in [0.25, 0.3) is 0 Å². The summed E-state index contributed by atoms with van der Waals surface area (Å²) in [5, 5.41) is 2.85. The second-order valence-corrected chi connectivity index (χ2v) is 6.22. The van der Waals surface area contributed by atoms with Crippen molar-refractivity contribution in [2.75, 3.05) is 18.9 Å². The van der Waals surface area contributed by atoms with Gasteiger partial charge in [-0.1, -0.05) is 6.92 Å². The maximum absolute atomic E-state index is 11.9. The van der Waals surface area contributed by atoms with Crippen LogP contribution < -0.4 is 10.0 Å². The van der Waals surface area contributed by atoms with Crippen LogP contribution in [0.5, 0.6) is 0 Å². The number of anilines is 1. The van der Waals surface area contributed by atoms with Gasteiger partial charge in [-0.2, -0.15) is 0 Å². The first-order chi connectivity index (χ1) is 8.03. The van der Waals surface area contributed by atoms with Crippen molar-refractivity contribution >= 4 is 15.8 Å². The van der Waals surface area contributed by atoms with Gasteiger partial charge in [0.2, 0.25) is 10.0 Å². The minimum Gasteiger partial charge on any atom is -0.373 e. The molecule has 0 aliphatic heterocycles. The van der Waals surface area contributed by atoms with Crippen molar-refractivity contribution in [3.05, 3.63) is 18.3 Å². The molecule has 0 saturated heterocycles. The molecule has 6 heteroatoms. The molecule has 5 nitrogen and oxygen atoms in total. The van der Waals surface area contributed by atoms with Crippen molar-refractivity contribution < 1.29 is 8.42 Å². The normalized spacial score (nSPS) is 23.4. The molecule has 1 aromatic heterocycles. The number of hydrogen-bond donors (Lipinski definition) is 2. The fourth-order valence-corrected chi connectivity index (χ4v) is 2.71. The Morgan fingerprint density at radius 3 is 2.65 bits per heavy atom. The van der Waals surface area contributed by atoms with E-state index in [0.717, 1.165) is 6.42 Å². The van der Waals surface area contributed by atoms with Crippen LogP contribution in [-0.4, -0.2) is 27.0 Å². The Labute approximate surface area is 102 Å². The molecule has 0 aromatic carbocycles. The summed E-state index contributed by atoms with van der Waals surface area (Å²) in [5.41, 5.74) is 0. The Balaban J connectivity index is 2.02. The molecular weight excluding hydrogens is 238 g/mol. The lowest BCUT2D eigenvalue weighted by Crippen LogP contribution is -2.26. The minimum atomic E-state index is -3.40. The monoisotopic (exact) mass is 255 g/mol. The number of rotatable bonds is 5. The summed E-state index contributed by atoms with van der Waals surface area (Å²) in [6.45, 7) is 2.65. The summed E-state index contributed by atoms with van der Waals surface area (Å²) < 4.78 is 26.4. The molecule has 1 aliphatic rings. The predicted octanol–water partition coefficient (Wildman–Crippen LogP) is 1.06. The third-order valence-electron chi connectivity index (χ3n) is 3.11. The Hall–Kier alpha value is -1.14. The van der Waals surface area contributed by atoms with E-state index in [0.29, 0.717) is 24.2 Å². The van der Waals surface area contributed by atoms with Crippen molar-refractivity contribution in [3.8, 4) is 0 Å². The van der Waals surface area contributed by atoms with Crippen molar-refractivity contribution in [2.45, 2.75) is 18.2 Å². The predicted molar refractivity (Wildman–Crippen MR) is 66.2 cm³/mol. The van der Waals surface area contributed by atoms with Crippen LogP contribution in [-0.2, 0) is 10.0 Å². The molecule has 1 aliphatic carbocycles. The molecule has 0 radical (unpaired) electrons. The lowest BCUT2D eigenvalue weighted by molar-refractivity contribution is 0.574. The van der Waals surface area contributed by atoms with E-state index in [2.05, 4.69) is 21.9 Å². The molecule has 2 unspecified atom stereocenters. The molecule has 0 spiro atoms. The second-order valence-electron chi connectivity index (χ2n) is 4.45. The molecule has 2 N–H and O–H groups in total. The van der Waals surface area contributed by atoms with Gasteiger partial charge in [-0.05, 0) is 30.4 Å². The molecule has 17 heavy (non-hydrogen) atoms. The summed E-state index contributed by atoms with van der Waals surface area (Å²) in [5.74, 6) is 1.79. The summed E-state index contributed by atoms with van der Waals surface area (Å²) in [6.07, 6.45) is 2.48. The standard InChI is InChI=1S/C11H17N3O2S/c1-8-5-9(8)6-14-17(15,16)10-3-4-11(12-2)13-7-10/h3-4,7-9,14H,5-6H2,1-2H3,(H,12,13). The third-order valence-corrected chi connectivity index (χ3v) is 4.52. The molecule has 1 saturated carbocycles. The van der Waals surface area contributed by atoms with E-state index in [9.17, 15) is 8.42 Å². The van der Waals surface area contributed by atoms with E-state index < -0.39 is 10.0 Å². The number of nitrogens with one attached hydrogen (secondary N) is 2. The highest BCUT2D eigenvalue weighted by molar-refractivity contribution is 7.89. The van der Waals surface area contributed by atoms with Crippen LogP contribution in [0.4, 0.5) is 5.82 Å². The Morgan fingerprint density at radius 1 is 1.47 bits per heavy atom. The quantitative estimate of drug-likeness (QED) is 0.825. The largest absolute Gasteiger partial charge is 0.373 e. The maximum Gasteiger partial charge on any atom is 0.242 e. The van der Waals surface area contributed by atoms with E-state index >= 15 is 0 Å². The van der Waals surface area contributed by atoms with Gasteiger partial charge in [0.05, 0.1) is 0 Å². The molecular formula is C11H17N3O2S. The summed E-state index contributed by atoms with van der Waals surface area (Å²) >= 11 is 0. The average molecular weight is 255 g/mol. The third kappa shape index (κ3) is 2.95. The molecule has 94 valence electrons. The second kappa shape index (κ2) is 4.62. The van der Waals surface area contributed by atoms with Gasteiger partial charge < -0.3 is 5.32 Å². The first-order valence-corrected chi connectivity index (χ1v) is 7.14. The van der Waals surface area contributed by atoms with Gasteiger partial charge in [0.15, 0.2) is 0 Å². The van der Waals surface area contributed by atoms with Crippen molar-refractivity contribution in [1.82, 2.24) is 9.71 Å². The van der Waals surface area contributed by atoms with Crippen LogP contribution in [0.2, 0.25) is 0 Å². The van der Waals surface area contributed by atoms with Crippen LogP contribution in [0.3, 0.4) is 0 Å². The zero-order valence-corrected chi connectivity index (χ0v) is 10.8. The van der Waals surface area contributed by atoms with Gasteiger partial charge in [-0.15, -0.1) is 0 Å². The minimum absolute atomic E-state index is 0.213. The van der Waals surface area contributed by atoms with Gasteiger partial charge in [0.1, 0.15) is 10.7 Å². The van der Waals surface area contributed by atoms with Crippen LogP contribution in [0, 0.1) is 11.8 Å². The Kier molecular flexibility index (Phi) is 3.35. The highest BCUT2D eigenvalue weighted by atomic mass is 32.2. The number of nitrogens with zero attached hydrogens (tertiary/aromatic N) is 1. The lowest BCUT2D eigenvalue weighted by Gasteiger charge is -2.06. The topological polar surface area (TPSA) is 71.1 Å². The van der Waals surface area contributed by atoms with Crippen LogP contribution in [0.1, 0.15) is 13.3 Å². The highest BCUT2D eigenvalue weighted by Gasteiger charge is 2.33. The molecule has 1 fully saturated rings. The fourth-order valence-electron chi connectivity index (χ4n) is 1.67. The number of sulfonamides is 1. The number of pyridine rings is 1. The lowest BCUT2D eigenvalue weighted by atomic mass is 10.3. The van der Waals surface area contributed by atoms with E-state index in [4.69, 9.17) is 0 Å². The zero-order chi connectivity index (χ0) is 12.5. The number of hydrogen-bond acceptors (Lipinski definition) is 4. The van der Waals surface area contributed by atoms with Crippen molar-refractivity contribution in [2.24, 2.45) is 11.8 Å². The Morgan fingerprint density at radius 2 is 2.18 bits per heavy atom.